The van der Waals surface area contributed by atoms with Gasteiger partial charge in [-0.25, -0.2) is 17.1 Å². The van der Waals surface area contributed by atoms with Crippen LogP contribution in [0.3, 0.4) is 0 Å². The molecule has 0 spiro atoms. The second kappa shape index (κ2) is 7.93. The number of pyridine rings is 1. The van der Waals surface area contributed by atoms with Crippen LogP contribution in [0.25, 0.3) is 0 Å². The number of hydrogen-bond acceptors (Lipinski definition) is 4. The van der Waals surface area contributed by atoms with Crippen LogP contribution in [0.4, 0.5) is 4.39 Å². The molecule has 0 amide bonds. The smallest absolute Gasteiger partial charge is 0.218 e. The van der Waals surface area contributed by atoms with Crippen LogP contribution in [0.1, 0.15) is 18.4 Å². The lowest BCUT2D eigenvalue weighted by atomic mass is 10.0. The molecule has 1 unspecified atom stereocenters. The van der Waals surface area contributed by atoms with E-state index in [1.807, 2.05) is 0 Å². The number of piperidine rings is 1. The molecule has 134 valence electrons. The molecule has 0 aliphatic carbocycles. The van der Waals surface area contributed by atoms with E-state index in [0.29, 0.717) is 19.7 Å². The number of halogens is 1. The van der Waals surface area contributed by atoms with Crippen LogP contribution in [-0.2, 0) is 15.8 Å². The van der Waals surface area contributed by atoms with Crippen molar-refractivity contribution in [2.24, 2.45) is 5.92 Å². The molecule has 1 aromatic carbocycles. The van der Waals surface area contributed by atoms with Crippen molar-refractivity contribution >= 4 is 10.0 Å². The molecule has 25 heavy (non-hydrogen) atoms. The lowest BCUT2D eigenvalue weighted by Gasteiger charge is -2.31. The maximum atomic E-state index is 13.8. The van der Waals surface area contributed by atoms with Crippen molar-refractivity contribution in [2.75, 3.05) is 19.7 Å². The van der Waals surface area contributed by atoms with Gasteiger partial charge in [0.05, 0.1) is 12.4 Å². The second-order valence-electron chi connectivity index (χ2n) is 6.21. The summed E-state index contributed by atoms with van der Waals surface area (Å²) in [6.45, 7) is 1.33. The van der Waals surface area contributed by atoms with E-state index in [0.717, 1.165) is 18.6 Å². The number of aromatic nitrogens is 1. The first-order chi connectivity index (χ1) is 12.0. The Morgan fingerprint density at radius 3 is 2.72 bits per heavy atom. The van der Waals surface area contributed by atoms with Crippen LogP contribution in [0.2, 0.25) is 0 Å². The Balaban J connectivity index is 1.61. The van der Waals surface area contributed by atoms with Crippen molar-refractivity contribution in [3.05, 3.63) is 60.2 Å². The first-order valence-electron chi connectivity index (χ1n) is 8.28. The average molecular weight is 364 g/mol. The number of sulfonamides is 1. The van der Waals surface area contributed by atoms with E-state index in [9.17, 15) is 12.8 Å². The summed E-state index contributed by atoms with van der Waals surface area (Å²) in [6, 6.07) is 9.55. The standard InChI is InChI=1S/C18H21FN2O3S/c19-18-6-2-1-5-16(18)14-25(22,23)21-11-3-4-15(12-21)13-24-17-7-9-20-10-8-17/h1-2,5-10,15H,3-4,11-14H2. The molecular weight excluding hydrogens is 343 g/mol. The second-order valence-corrected chi connectivity index (χ2v) is 8.18. The SMILES string of the molecule is O=S(=O)(Cc1ccccc1F)N1CCCC(COc2ccncc2)C1. The van der Waals surface area contributed by atoms with Gasteiger partial charge in [0.15, 0.2) is 0 Å². The Bertz CT molecular complexity index is 799. The number of ether oxygens (including phenoxy) is 1. The Morgan fingerprint density at radius 2 is 1.96 bits per heavy atom. The highest BCUT2D eigenvalue weighted by molar-refractivity contribution is 7.88. The van der Waals surface area contributed by atoms with E-state index in [-0.39, 0.29) is 17.2 Å². The topological polar surface area (TPSA) is 59.5 Å². The average Bonchev–Trinajstić information content (AvgIpc) is 2.63. The molecule has 0 bridgehead atoms. The fourth-order valence-corrected chi connectivity index (χ4v) is 4.62. The molecule has 1 aliphatic heterocycles. The van der Waals surface area contributed by atoms with Gasteiger partial charge in [-0.1, -0.05) is 18.2 Å². The van der Waals surface area contributed by atoms with Gasteiger partial charge in [-0.05, 0) is 31.0 Å². The first-order valence-corrected chi connectivity index (χ1v) is 9.89. The number of nitrogens with zero attached hydrogens (tertiary/aromatic N) is 2. The minimum Gasteiger partial charge on any atom is -0.493 e. The lowest BCUT2D eigenvalue weighted by molar-refractivity contribution is 0.180. The van der Waals surface area contributed by atoms with E-state index < -0.39 is 15.8 Å². The van der Waals surface area contributed by atoms with Gasteiger partial charge in [-0.2, -0.15) is 0 Å². The molecule has 0 radical (unpaired) electrons. The van der Waals surface area contributed by atoms with Gasteiger partial charge in [0.2, 0.25) is 10.0 Å². The normalized spacial score (nSPS) is 18.8. The van der Waals surface area contributed by atoms with Crippen molar-refractivity contribution in [3.63, 3.8) is 0 Å². The van der Waals surface area contributed by atoms with Crippen molar-refractivity contribution < 1.29 is 17.5 Å². The molecule has 0 N–H and O–H groups in total. The van der Waals surface area contributed by atoms with Gasteiger partial charge < -0.3 is 4.74 Å². The van der Waals surface area contributed by atoms with Gasteiger partial charge in [0.1, 0.15) is 11.6 Å². The Labute approximate surface area is 147 Å². The minimum absolute atomic E-state index is 0.123. The molecule has 1 atom stereocenters. The van der Waals surface area contributed by atoms with Crippen molar-refractivity contribution in [3.8, 4) is 5.75 Å². The van der Waals surface area contributed by atoms with Gasteiger partial charge in [-0.15, -0.1) is 0 Å². The zero-order valence-corrected chi connectivity index (χ0v) is 14.7. The molecule has 1 aliphatic rings. The highest BCUT2D eigenvalue weighted by atomic mass is 32.2. The maximum absolute atomic E-state index is 13.8. The van der Waals surface area contributed by atoms with Gasteiger partial charge in [0.25, 0.3) is 0 Å². The summed E-state index contributed by atoms with van der Waals surface area (Å²) in [4.78, 5) is 3.93. The zero-order valence-electron chi connectivity index (χ0n) is 13.8. The third kappa shape index (κ3) is 4.76. The fraction of sp³-hybridized carbons (Fsp3) is 0.389. The van der Waals surface area contributed by atoms with Gasteiger partial charge >= 0.3 is 0 Å². The molecule has 1 aromatic heterocycles. The quantitative estimate of drug-likeness (QED) is 0.791. The summed E-state index contributed by atoms with van der Waals surface area (Å²) in [5.41, 5.74) is 0.206. The highest BCUT2D eigenvalue weighted by Crippen LogP contribution is 2.23. The summed E-state index contributed by atoms with van der Waals surface area (Å²) in [5, 5.41) is 0. The first kappa shape index (κ1) is 17.8. The van der Waals surface area contributed by atoms with Crippen molar-refractivity contribution in [1.82, 2.24) is 9.29 Å². The third-order valence-corrected chi connectivity index (χ3v) is 6.10. The maximum Gasteiger partial charge on any atom is 0.218 e. The Kier molecular flexibility index (Phi) is 5.65. The Hall–Kier alpha value is -1.99. The third-order valence-electron chi connectivity index (χ3n) is 4.31. The van der Waals surface area contributed by atoms with Crippen LogP contribution in [0.15, 0.2) is 48.8 Å². The molecule has 5 nitrogen and oxygen atoms in total. The molecule has 0 saturated carbocycles. The summed E-state index contributed by atoms with van der Waals surface area (Å²) in [6.07, 6.45) is 5.00. The van der Waals surface area contributed by atoms with E-state index in [1.165, 1.54) is 16.4 Å². The predicted molar refractivity (Wildman–Crippen MR) is 93.1 cm³/mol. The fourth-order valence-electron chi connectivity index (χ4n) is 2.97. The van der Waals surface area contributed by atoms with E-state index >= 15 is 0 Å². The van der Waals surface area contributed by atoms with Gasteiger partial charge in [-0.3, -0.25) is 4.98 Å². The largest absolute Gasteiger partial charge is 0.493 e. The lowest BCUT2D eigenvalue weighted by Crippen LogP contribution is -2.42. The summed E-state index contributed by atoms with van der Waals surface area (Å²) in [7, 11) is -3.55. The molecule has 2 aromatic rings. The van der Waals surface area contributed by atoms with E-state index in [4.69, 9.17) is 4.74 Å². The number of benzene rings is 1. The molecular formula is C18H21FN2O3S. The van der Waals surface area contributed by atoms with Crippen LogP contribution >= 0.6 is 0 Å². The monoisotopic (exact) mass is 364 g/mol. The highest BCUT2D eigenvalue weighted by Gasteiger charge is 2.30. The number of hydrogen-bond donors (Lipinski definition) is 0. The molecule has 3 rings (SSSR count). The van der Waals surface area contributed by atoms with Crippen LogP contribution in [0, 0.1) is 11.7 Å². The van der Waals surface area contributed by atoms with E-state index in [2.05, 4.69) is 4.98 Å². The van der Waals surface area contributed by atoms with Crippen LogP contribution in [0.5, 0.6) is 5.75 Å². The van der Waals surface area contributed by atoms with Crippen LogP contribution < -0.4 is 4.74 Å². The molecule has 2 heterocycles. The molecule has 7 heteroatoms. The summed E-state index contributed by atoms with van der Waals surface area (Å²) >= 11 is 0. The van der Waals surface area contributed by atoms with Gasteiger partial charge in [0, 0.05) is 37.0 Å². The van der Waals surface area contributed by atoms with E-state index in [1.54, 1.807) is 36.7 Å². The Morgan fingerprint density at radius 1 is 1.20 bits per heavy atom. The van der Waals surface area contributed by atoms with Crippen molar-refractivity contribution in [2.45, 2.75) is 18.6 Å². The summed E-state index contributed by atoms with van der Waals surface area (Å²) < 4.78 is 46.2. The molecule has 1 fully saturated rings. The molecule has 1 saturated heterocycles. The number of rotatable bonds is 6. The van der Waals surface area contributed by atoms with Crippen LogP contribution in [-0.4, -0.2) is 37.4 Å². The predicted octanol–water partition coefficient (Wildman–Crippen LogP) is 2.84. The summed E-state index contributed by atoms with van der Waals surface area (Å²) in [5.74, 6) is 0.0525. The van der Waals surface area contributed by atoms with Crippen molar-refractivity contribution in [1.29, 1.82) is 0 Å². The zero-order chi connectivity index (χ0) is 17.7. The minimum atomic E-state index is -3.55.